The molecule has 1 fully saturated rings. The van der Waals surface area contributed by atoms with E-state index in [0.717, 1.165) is 42.0 Å². The van der Waals surface area contributed by atoms with E-state index < -0.39 is 28.5 Å². The van der Waals surface area contributed by atoms with E-state index in [-0.39, 0.29) is 23.4 Å². The molecule has 0 radical (unpaired) electrons. The summed E-state index contributed by atoms with van der Waals surface area (Å²) in [5, 5.41) is 3.80. The van der Waals surface area contributed by atoms with Crippen molar-refractivity contribution in [3.05, 3.63) is 93.5 Å². The molecule has 1 aliphatic carbocycles. The fourth-order valence-corrected chi connectivity index (χ4v) is 7.02. The predicted octanol–water partition coefficient (Wildman–Crippen LogP) is 6.67. The summed E-state index contributed by atoms with van der Waals surface area (Å²) < 4.78 is 29.1. The van der Waals surface area contributed by atoms with E-state index in [4.69, 9.17) is 23.2 Å². The van der Waals surface area contributed by atoms with Gasteiger partial charge in [-0.3, -0.25) is 13.9 Å². The van der Waals surface area contributed by atoms with Crippen molar-refractivity contribution in [2.24, 2.45) is 0 Å². The number of aryl methyl sites for hydroxylation is 2. The SMILES string of the molecule is Cc1ccc(C)c(N(CC(=O)N(Cc2ccc(Cl)c(Cl)c2)[C@H](C)C(=O)NC2CCCCC2)S(=O)(=O)c2ccccc2)c1. The Balaban J connectivity index is 1.71. The van der Waals surface area contributed by atoms with Crippen LogP contribution in [-0.4, -0.2) is 43.8 Å². The lowest BCUT2D eigenvalue weighted by atomic mass is 9.95. The first-order valence-corrected chi connectivity index (χ1v) is 16.4. The van der Waals surface area contributed by atoms with Gasteiger partial charge in [-0.25, -0.2) is 8.42 Å². The van der Waals surface area contributed by atoms with Crippen LogP contribution >= 0.6 is 23.2 Å². The Hall–Kier alpha value is -3.07. The predicted molar refractivity (Wildman–Crippen MR) is 168 cm³/mol. The van der Waals surface area contributed by atoms with Crippen LogP contribution in [0.15, 0.2) is 71.6 Å². The first kappa shape index (κ1) is 31.9. The van der Waals surface area contributed by atoms with E-state index in [2.05, 4.69) is 5.32 Å². The van der Waals surface area contributed by atoms with Crippen molar-refractivity contribution in [2.75, 3.05) is 10.8 Å². The summed E-state index contributed by atoms with van der Waals surface area (Å²) in [6, 6.07) is 17.7. The molecule has 4 rings (SSSR count). The third-order valence-corrected chi connectivity index (χ3v) is 10.2. The highest BCUT2D eigenvalue weighted by molar-refractivity contribution is 7.92. The number of carbonyl (C=O) groups is 2. The van der Waals surface area contributed by atoms with Gasteiger partial charge in [0, 0.05) is 12.6 Å². The van der Waals surface area contributed by atoms with Crippen LogP contribution in [-0.2, 0) is 26.2 Å². The van der Waals surface area contributed by atoms with Crippen molar-refractivity contribution in [2.45, 2.75) is 76.4 Å². The number of carbonyl (C=O) groups excluding carboxylic acids is 2. The number of nitrogens with zero attached hydrogens (tertiary/aromatic N) is 2. The number of anilines is 1. The third-order valence-electron chi connectivity index (χ3n) is 7.70. The van der Waals surface area contributed by atoms with Gasteiger partial charge in [-0.05, 0) is 80.6 Å². The Morgan fingerprint density at radius 2 is 1.62 bits per heavy atom. The number of halogens is 2. The molecular weight excluding hydrogens is 593 g/mol. The van der Waals surface area contributed by atoms with Crippen LogP contribution in [0.2, 0.25) is 10.0 Å². The first-order chi connectivity index (χ1) is 20.0. The standard InChI is InChI=1S/C32H37Cl2N3O4S/c1-22-14-15-23(2)30(18-22)37(42(40,41)27-12-8-5-9-13-27)21-31(38)36(20-25-16-17-28(33)29(34)19-25)24(3)32(39)35-26-10-6-4-7-11-26/h5,8-9,12-19,24,26H,4,6-7,10-11,20-21H2,1-3H3,(H,35,39)/t24-/m1/s1. The van der Waals surface area contributed by atoms with E-state index in [1.807, 2.05) is 19.1 Å². The number of hydrogen-bond acceptors (Lipinski definition) is 4. The molecule has 42 heavy (non-hydrogen) atoms. The number of hydrogen-bond donors (Lipinski definition) is 1. The van der Waals surface area contributed by atoms with Crippen molar-refractivity contribution in [1.29, 1.82) is 0 Å². The van der Waals surface area contributed by atoms with Crippen molar-refractivity contribution >= 4 is 50.7 Å². The van der Waals surface area contributed by atoms with Gasteiger partial charge in [0.15, 0.2) is 0 Å². The lowest BCUT2D eigenvalue weighted by Gasteiger charge is -2.33. The van der Waals surface area contributed by atoms with Crippen molar-refractivity contribution < 1.29 is 18.0 Å². The lowest BCUT2D eigenvalue weighted by molar-refractivity contribution is -0.139. The molecule has 0 unspecified atom stereocenters. The van der Waals surface area contributed by atoms with Gasteiger partial charge in [0.05, 0.1) is 20.6 Å². The summed E-state index contributed by atoms with van der Waals surface area (Å²) in [6.45, 7) is 4.89. The van der Waals surface area contributed by atoms with E-state index in [9.17, 15) is 18.0 Å². The number of amides is 2. The molecule has 2 amide bonds. The highest BCUT2D eigenvalue weighted by Crippen LogP contribution is 2.29. The minimum absolute atomic E-state index is 0.0427. The largest absolute Gasteiger partial charge is 0.352 e. The van der Waals surface area contributed by atoms with Crippen LogP contribution in [0.4, 0.5) is 5.69 Å². The van der Waals surface area contributed by atoms with E-state index in [1.165, 1.54) is 17.0 Å². The van der Waals surface area contributed by atoms with E-state index in [0.29, 0.717) is 26.9 Å². The van der Waals surface area contributed by atoms with E-state index >= 15 is 0 Å². The topological polar surface area (TPSA) is 86.8 Å². The smallest absolute Gasteiger partial charge is 0.264 e. The average Bonchev–Trinajstić information content (AvgIpc) is 2.98. The molecule has 0 spiro atoms. The fraction of sp³-hybridized carbons (Fsp3) is 0.375. The second-order valence-electron chi connectivity index (χ2n) is 10.9. The maximum Gasteiger partial charge on any atom is 0.264 e. The minimum atomic E-state index is -4.13. The van der Waals surface area contributed by atoms with Gasteiger partial charge < -0.3 is 10.2 Å². The summed E-state index contributed by atoms with van der Waals surface area (Å²) in [5.41, 5.74) is 2.62. The number of benzene rings is 3. The molecule has 1 saturated carbocycles. The van der Waals surface area contributed by atoms with Crippen molar-refractivity contribution in [3.63, 3.8) is 0 Å². The van der Waals surface area contributed by atoms with Crippen molar-refractivity contribution in [3.8, 4) is 0 Å². The second kappa shape index (κ2) is 13.9. The molecule has 0 heterocycles. The maximum atomic E-state index is 14.2. The van der Waals surface area contributed by atoms with Crippen molar-refractivity contribution in [1.82, 2.24) is 10.2 Å². The van der Waals surface area contributed by atoms with Gasteiger partial charge in [0.25, 0.3) is 10.0 Å². The van der Waals surface area contributed by atoms with Gasteiger partial charge in [-0.15, -0.1) is 0 Å². The quantitative estimate of drug-likeness (QED) is 0.271. The van der Waals surface area contributed by atoms with Gasteiger partial charge in [-0.1, -0.05) is 78.9 Å². The van der Waals surface area contributed by atoms with Crippen LogP contribution in [0.5, 0.6) is 0 Å². The molecule has 10 heteroatoms. The summed E-state index contributed by atoms with van der Waals surface area (Å²) in [4.78, 5) is 29.1. The Morgan fingerprint density at radius 3 is 2.29 bits per heavy atom. The maximum absolute atomic E-state index is 14.2. The summed E-state index contributed by atoms with van der Waals surface area (Å²) >= 11 is 12.4. The highest BCUT2D eigenvalue weighted by Gasteiger charge is 2.33. The van der Waals surface area contributed by atoms with Crippen LogP contribution in [0.1, 0.15) is 55.7 Å². The number of nitrogens with one attached hydrogen (secondary N) is 1. The molecule has 224 valence electrons. The molecule has 3 aromatic carbocycles. The Bertz CT molecular complexity index is 1530. The van der Waals surface area contributed by atoms with Crippen LogP contribution < -0.4 is 9.62 Å². The van der Waals surface area contributed by atoms with Crippen LogP contribution in [0.3, 0.4) is 0 Å². The zero-order valence-electron chi connectivity index (χ0n) is 24.1. The Labute approximate surface area is 258 Å². The molecule has 1 aliphatic rings. The zero-order chi connectivity index (χ0) is 30.4. The van der Waals surface area contributed by atoms with Gasteiger partial charge in [0.2, 0.25) is 11.8 Å². The molecule has 0 bridgehead atoms. The molecule has 1 N–H and O–H groups in total. The van der Waals surface area contributed by atoms with Gasteiger partial charge in [0.1, 0.15) is 12.6 Å². The number of sulfonamides is 1. The Morgan fingerprint density at radius 1 is 0.929 bits per heavy atom. The Kier molecular flexibility index (Phi) is 10.6. The summed E-state index contributed by atoms with van der Waals surface area (Å²) in [5.74, 6) is -0.799. The lowest BCUT2D eigenvalue weighted by Crippen LogP contribution is -2.53. The highest BCUT2D eigenvalue weighted by atomic mass is 35.5. The zero-order valence-corrected chi connectivity index (χ0v) is 26.5. The van der Waals surface area contributed by atoms with E-state index in [1.54, 1.807) is 56.3 Å². The third kappa shape index (κ3) is 7.65. The van der Waals surface area contributed by atoms with Crippen LogP contribution in [0.25, 0.3) is 0 Å². The molecule has 0 aromatic heterocycles. The van der Waals surface area contributed by atoms with Gasteiger partial charge >= 0.3 is 0 Å². The summed E-state index contributed by atoms with van der Waals surface area (Å²) in [6.07, 6.45) is 5.04. The first-order valence-electron chi connectivity index (χ1n) is 14.2. The molecule has 1 atom stereocenters. The normalized spacial score (nSPS) is 14.7. The monoisotopic (exact) mass is 629 g/mol. The molecule has 3 aromatic rings. The molecule has 0 aliphatic heterocycles. The van der Waals surface area contributed by atoms with Crippen LogP contribution in [0, 0.1) is 13.8 Å². The minimum Gasteiger partial charge on any atom is -0.352 e. The average molecular weight is 631 g/mol. The number of rotatable bonds is 10. The second-order valence-corrected chi connectivity index (χ2v) is 13.6. The summed E-state index contributed by atoms with van der Waals surface area (Å²) in [7, 11) is -4.13. The molecule has 7 nitrogen and oxygen atoms in total. The molecule has 0 saturated heterocycles. The van der Waals surface area contributed by atoms with Gasteiger partial charge in [-0.2, -0.15) is 0 Å². The fourth-order valence-electron chi connectivity index (χ4n) is 5.21. The molecular formula is C32H37Cl2N3O4S.